The number of nitrogens with zero attached hydrogens (tertiary/aromatic N) is 2. The highest BCUT2D eigenvalue weighted by atomic mass is 32.2. The Morgan fingerprint density at radius 2 is 1.61 bits per heavy atom. The van der Waals surface area contributed by atoms with Crippen LogP contribution in [0.1, 0.15) is 12.8 Å². The van der Waals surface area contributed by atoms with Crippen LogP contribution in [-0.4, -0.2) is 63.0 Å². The summed E-state index contributed by atoms with van der Waals surface area (Å²) in [5, 5.41) is 2.78. The first kappa shape index (κ1) is 16.2. The smallest absolute Gasteiger partial charge is 0.321 e. The zero-order valence-corrected chi connectivity index (χ0v) is 13.7. The van der Waals surface area contributed by atoms with E-state index in [1.54, 1.807) is 29.2 Å². The van der Waals surface area contributed by atoms with Crippen molar-refractivity contribution in [3.63, 3.8) is 0 Å². The Kier molecular flexibility index (Phi) is 4.84. The Balaban J connectivity index is 1.66. The molecule has 2 aliphatic rings. The van der Waals surface area contributed by atoms with Gasteiger partial charge in [-0.2, -0.15) is 4.31 Å². The van der Waals surface area contributed by atoms with E-state index in [1.165, 1.54) is 4.31 Å². The molecule has 2 fully saturated rings. The summed E-state index contributed by atoms with van der Waals surface area (Å²) in [5.74, 6) is 0. The third-order valence-electron chi connectivity index (χ3n) is 4.11. The maximum Gasteiger partial charge on any atom is 0.321 e. The molecule has 7 nitrogen and oxygen atoms in total. The van der Waals surface area contributed by atoms with Gasteiger partial charge < -0.3 is 15.0 Å². The fourth-order valence-corrected chi connectivity index (χ4v) is 4.27. The molecule has 0 atom stereocenters. The third kappa shape index (κ3) is 3.65. The number of amides is 2. The number of rotatable bonds is 3. The molecule has 0 aromatic heterocycles. The maximum absolute atomic E-state index is 12.4. The Morgan fingerprint density at radius 3 is 2.22 bits per heavy atom. The number of hydrogen-bond acceptors (Lipinski definition) is 4. The van der Waals surface area contributed by atoms with E-state index < -0.39 is 10.0 Å². The van der Waals surface area contributed by atoms with E-state index in [0.29, 0.717) is 45.1 Å². The predicted octanol–water partition coefficient (Wildman–Crippen LogP) is 1.34. The van der Waals surface area contributed by atoms with Crippen LogP contribution in [0.15, 0.2) is 29.2 Å². The number of carbonyl (C=O) groups is 1. The standard InChI is InChI=1S/C15H21N3O4S/c19-15(17-9-11-22-12-10-17)16-13-3-5-14(6-4-13)23(20,21)18-7-1-2-8-18/h3-6H,1-2,7-12H2,(H,16,19). The van der Waals surface area contributed by atoms with Crippen molar-refractivity contribution >= 4 is 21.7 Å². The molecule has 0 unspecified atom stereocenters. The highest BCUT2D eigenvalue weighted by Crippen LogP contribution is 2.22. The lowest BCUT2D eigenvalue weighted by Gasteiger charge is -2.27. The van der Waals surface area contributed by atoms with Gasteiger partial charge in [0.2, 0.25) is 10.0 Å². The zero-order valence-electron chi connectivity index (χ0n) is 12.9. The summed E-state index contributed by atoms with van der Waals surface area (Å²) >= 11 is 0. The van der Waals surface area contributed by atoms with E-state index >= 15 is 0 Å². The average molecular weight is 339 g/mol. The van der Waals surface area contributed by atoms with Gasteiger partial charge in [0.1, 0.15) is 0 Å². The van der Waals surface area contributed by atoms with Crippen LogP contribution in [0.3, 0.4) is 0 Å². The lowest BCUT2D eigenvalue weighted by Crippen LogP contribution is -2.43. The van der Waals surface area contributed by atoms with Gasteiger partial charge >= 0.3 is 6.03 Å². The number of ether oxygens (including phenoxy) is 1. The molecule has 2 amide bonds. The number of sulfonamides is 1. The fraction of sp³-hybridized carbons (Fsp3) is 0.533. The van der Waals surface area contributed by atoms with E-state index in [9.17, 15) is 13.2 Å². The van der Waals surface area contributed by atoms with Crippen molar-refractivity contribution in [2.24, 2.45) is 0 Å². The minimum absolute atomic E-state index is 0.191. The Labute approximate surface area is 136 Å². The molecule has 8 heteroatoms. The van der Waals surface area contributed by atoms with E-state index in [-0.39, 0.29) is 10.9 Å². The van der Waals surface area contributed by atoms with Crippen molar-refractivity contribution < 1.29 is 17.9 Å². The fourth-order valence-electron chi connectivity index (χ4n) is 2.76. The summed E-state index contributed by atoms with van der Waals surface area (Å²) in [4.78, 5) is 14.0. The number of urea groups is 1. The summed E-state index contributed by atoms with van der Waals surface area (Å²) in [6, 6.07) is 6.15. The van der Waals surface area contributed by atoms with Gasteiger partial charge in [0, 0.05) is 31.9 Å². The Bertz CT molecular complexity index is 648. The average Bonchev–Trinajstić information content (AvgIpc) is 3.11. The number of carbonyl (C=O) groups excluding carboxylic acids is 1. The summed E-state index contributed by atoms with van der Waals surface area (Å²) in [6.07, 6.45) is 1.82. The van der Waals surface area contributed by atoms with Gasteiger partial charge in [0.15, 0.2) is 0 Å². The van der Waals surface area contributed by atoms with Crippen LogP contribution in [0, 0.1) is 0 Å². The topological polar surface area (TPSA) is 79.0 Å². The van der Waals surface area contributed by atoms with Gasteiger partial charge in [0.25, 0.3) is 0 Å². The van der Waals surface area contributed by atoms with Crippen LogP contribution in [0.25, 0.3) is 0 Å². The second kappa shape index (κ2) is 6.86. The molecule has 0 saturated carbocycles. The molecule has 2 saturated heterocycles. The Hall–Kier alpha value is -1.64. The van der Waals surface area contributed by atoms with Crippen LogP contribution in [0.4, 0.5) is 10.5 Å². The lowest BCUT2D eigenvalue weighted by molar-refractivity contribution is 0.0564. The van der Waals surface area contributed by atoms with E-state index in [0.717, 1.165) is 12.8 Å². The van der Waals surface area contributed by atoms with Gasteiger partial charge in [-0.05, 0) is 37.1 Å². The number of anilines is 1. The summed E-state index contributed by atoms with van der Waals surface area (Å²) in [5.41, 5.74) is 0.585. The molecule has 1 N–H and O–H groups in total. The normalized spacial score (nSPS) is 19.7. The van der Waals surface area contributed by atoms with Gasteiger partial charge in [-0.25, -0.2) is 13.2 Å². The van der Waals surface area contributed by atoms with Gasteiger partial charge in [-0.3, -0.25) is 0 Å². The number of hydrogen-bond donors (Lipinski definition) is 1. The molecular formula is C15H21N3O4S. The molecule has 0 spiro atoms. The SMILES string of the molecule is O=C(Nc1ccc(S(=O)(=O)N2CCCC2)cc1)N1CCOCC1. The van der Waals surface area contributed by atoms with Crippen LogP contribution in [-0.2, 0) is 14.8 Å². The molecule has 0 bridgehead atoms. The highest BCUT2D eigenvalue weighted by molar-refractivity contribution is 7.89. The van der Waals surface area contributed by atoms with Crippen molar-refractivity contribution in [3.8, 4) is 0 Å². The first-order chi connectivity index (χ1) is 11.1. The molecule has 1 aromatic rings. The largest absolute Gasteiger partial charge is 0.378 e. The molecular weight excluding hydrogens is 318 g/mol. The monoisotopic (exact) mass is 339 g/mol. The van der Waals surface area contributed by atoms with E-state index in [2.05, 4.69) is 5.32 Å². The number of benzene rings is 1. The van der Waals surface area contributed by atoms with Crippen molar-refractivity contribution in [1.29, 1.82) is 0 Å². The zero-order chi connectivity index (χ0) is 16.3. The van der Waals surface area contributed by atoms with Crippen molar-refractivity contribution in [2.75, 3.05) is 44.7 Å². The molecule has 0 aliphatic carbocycles. The molecule has 23 heavy (non-hydrogen) atoms. The quantitative estimate of drug-likeness (QED) is 0.901. The summed E-state index contributed by atoms with van der Waals surface area (Å²) in [7, 11) is -3.41. The summed E-state index contributed by atoms with van der Waals surface area (Å²) < 4.78 is 31.6. The number of morpholine rings is 1. The highest BCUT2D eigenvalue weighted by Gasteiger charge is 2.27. The van der Waals surface area contributed by atoms with E-state index in [1.807, 2.05) is 0 Å². The molecule has 126 valence electrons. The van der Waals surface area contributed by atoms with Crippen molar-refractivity contribution in [1.82, 2.24) is 9.21 Å². The second-order valence-corrected chi connectivity index (χ2v) is 7.60. The molecule has 3 rings (SSSR count). The Morgan fingerprint density at radius 1 is 1.00 bits per heavy atom. The van der Waals surface area contributed by atoms with Gasteiger partial charge in [-0.1, -0.05) is 0 Å². The predicted molar refractivity (Wildman–Crippen MR) is 85.8 cm³/mol. The molecule has 2 aliphatic heterocycles. The first-order valence-electron chi connectivity index (χ1n) is 7.81. The summed E-state index contributed by atoms with van der Waals surface area (Å²) in [6.45, 7) is 3.37. The van der Waals surface area contributed by atoms with Crippen LogP contribution >= 0.6 is 0 Å². The van der Waals surface area contributed by atoms with Crippen LogP contribution in [0.5, 0.6) is 0 Å². The van der Waals surface area contributed by atoms with Crippen molar-refractivity contribution in [3.05, 3.63) is 24.3 Å². The van der Waals surface area contributed by atoms with Gasteiger partial charge in [0.05, 0.1) is 18.1 Å². The molecule has 2 heterocycles. The van der Waals surface area contributed by atoms with Crippen LogP contribution in [0.2, 0.25) is 0 Å². The minimum Gasteiger partial charge on any atom is -0.378 e. The first-order valence-corrected chi connectivity index (χ1v) is 9.25. The number of nitrogens with one attached hydrogen (secondary N) is 1. The molecule has 1 aromatic carbocycles. The van der Waals surface area contributed by atoms with Crippen molar-refractivity contribution in [2.45, 2.75) is 17.7 Å². The van der Waals surface area contributed by atoms with Crippen LogP contribution < -0.4 is 5.32 Å². The third-order valence-corrected chi connectivity index (χ3v) is 6.02. The molecule has 0 radical (unpaired) electrons. The second-order valence-electron chi connectivity index (χ2n) is 5.67. The van der Waals surface area contributed by atoms with Gasteiger partial charge in [-0.15, -0.1) is 0 Å². The van der Waals surface area contributed by atoms with E-state index in [4.69, 9.17) is 4.74 Å². The minimum atomic E-state index is -3.41. The lowest BCUT2D eigenvalue weighted by atomic mass is 10.3. The maximum atomic E-state index is 12.4.